The zero-order valence-electron chi connectivity index (χ0n) is 30.8. The Kier molecular flexibility index (Phi) is 38.9. The Balaban J connectivity index is 3.70. The highest BCUT2D eigenvalue weighted by Gasteiger charge is 2.13. The summed E-state index contributed by atoms with van der Waals surface area (Å²) in [5.41, 5.74) is 0. The van der Waals surface area contributed by atoms with Crippen LogP contribution >= 0.6 is 0 Å². The number of hydrogen-bond donors (Lipinski definition) is 1. The maximum atomic E-state index is 12.3. The van der Waals surface area contributed by atoms with Crippen molar-refractivity contribution in [1.29, 1.82) is 0 Å². The first-order valence-corrected chi connectivity index (χ1v) is 19.7. The fourth-order valence-electron chi connectivity index (χ4n) is 5.18. The Morgan fingerprint density at radius 2 is 1.04 bits per heavy atom. The van der Waals surface area contributed by atoms with Gasteiger partial charge < -0.3 is 24.3 Å². The molecule has 0 atom stereocenters. The third-order valence-corrected chi connectivity index (χ3v) is 8.07. The van der Waals surface area contributed by atoms with Gasteiger partial charge in [0.2, 0.25) is 0 Å². The van der Waals surface area contributed by atoms with Crippen LogP contribution in [0.4, 0.5) is 0 Å². The first-order chi connectivity index (χ1) is 22.7. The van der Waals surface area contributed by atoms with Crippen molar-refractivity contribution in [3.63, 3.8) is 0 Å². The highest BCUT2D eigenvalue weighted by molar-refractivity contribution is 5.69. The second kappa shape index (κ2) is 40.0. The van der Waals surface area contributed by atoms with Crippen LogP contribution in [0, 0.1) is 0 Å². The number of hydrogen-bond acceptors (Lipinski definition) is 6. The lowest BCUT2D eigenvalue weighted by atomic mass is 10.1. The van der Waals surface area contributed by atoms with Crippen molar-refractivity contribution in [3.05, 3.63) is 24.3 Å². The Labute approximate surface area is 286 Å². The van der Waals surface area contributed by atoms with E-state index < -0.39 is 0 Å². The maximum absolute atomic E-state index is 12.3. The van der Waals surface area contributed by atoms with Crippen LogP contribution in [0.3, 0.4) is 0 Å². The molecule has 0 saturated carbocycles. The molecule has 0 aromatic carbocycles. The fourth-order valence-corrected chi connectivity index (χ4v) is 5.18. The first kappa shape index (κ1) is 44.8. The van der Waals surface area contributed by atoms with Crippen molar-refractivity contribution >= 4 is 5.97 Å². The topological polar surface area (TPSA) is 66.0 Å². The lowest BCUT2D eigenvalue weighted by Crippen LogP contribution is -2.21. The number of ether oxygens (including phenoxy) is 4. The van der Waals surface area contributed by atoms with Crippen LogP contribution in [0.1, 0.15) is 175 Å². The molecule has 1 N–H and O–H groups in total. The molecule has 6 heteroatoms. The summed E-state index contributed by atoms with van der Waals surface area (Å²) < 4.78 is 23.3. The summed E-state index contributed by atoms with van der Waals surface area (Å²) in [5.74, 6) is -0.157. The largest absolute Gasteiger partial charge is 0.466 e. The molecule has 0 bridgehead atoms. The molecule has 272 valence electrons. The zero-order chi connectivity index (χ0) is 33.4. The highest BCUT2D eigenvalue weighted by atomic mass is 16.7. The van der Waals surface area contributed by atoms with Gasteiger partial charge in [0.25, 0.3) is 0 Å². The number of nitrogens with one attached hydrogen (secondary N) is 1. The van der Waals surface area contributed by atoms with Gasteiger partial charge in [-0.3, -0.25) is 4.79 Å². The van der Waals surface area contributed by atoms with Gasteiger partial charge in [-0.2, -0.15) is 0 Å². The van der Waals surface area contributed by atoms with Crippen LogP contribution in [0.2, 0.25) is 0 Å². The van der Waals surface area contributed by atoms with Crippen LogP contribution in [0.25, 0.3) is 0 Å². The molecule has 6 nitrogen and oxygen atoms in total. The molecular formula is C40H77NO5. The fraction of sp³-hybridized carbons (Fsp3) is 0.875. The van der Waals surface area contributed by atoms with E-state index in [1.165, 1.54) is 83.5 Å². The third-order valence-electron chi connectivity index (χ3n) is 8.07. The number of esters is 1. The van der Waals surface area contributed by atoms with Gasteiger partial charge in [-0.05, 0) is 90.1 Å². The van der Waals surface area contributed by atoms with Gasteiger partial charge >= 0.3 is 5.97 Å². The molecule has 0 spiro atoms. The molecule has 0 heterocycles. The van der Waals surface area contributed by atoms with E-state index in [0.29, 0.717) is 32.7 Å². The summed E-state index contributed by atoms with van der Waals surface area (Å²) in [4.78, 5) is 12.3. The van der Waals surface area contributed by atoms with E-state index in [0.717, 1.165) is 84.1 Å². The lowest BCUT2D eigenvalue weighted by molar-refractivity contribution is -0.159. The quantitative estimate of drug-likeness (QED) is 0.0310. The van der Waals surface area contributed by atoms with Crippen LogP contribution in [-0.4, -0.2) is 58.4 Å². The molecule has 0 rings (SSSR count). The predicted molar refractivity (Wildman–Crippen MR) is 196 cm³/mol. The minimum atomic E-state index is -0.333. The summed E-state index contributed by atoms with van der Waals surface area (Å²) in [6, 6.07) is 0. The molecule has 0 amide bonds. The summed E-state index contributed by atoms with van der Waals surface area (Å²) in [6.07, 6.45) is 35.9. The van der Waals surface area contributed by atoms with Crippen LogP contribution in [0.15, 0.2) is 24.3 Å². The SMILES string of the molecule is CC/C=C\CCCCOC(CCC(=O)OCCCNCCCCCCCCCOCCCCCCCC)OCCCC/C=C\CC. The Morgan fingerprint density at radius 1 is 0.543 bits per heavy atom. The van der Waals surface area contributed by atoms with Gasteiger partial charge in [0.1, 0.15) is 0 Å². The number of unbranched alkanes of at least 4 members (excludes halogenated alkanes) is 15. The van der Waals surface area contributed by atoms with E-state index in [1.54, 1.807) is 0 Å². The Bertz CT molecular complexity index is 630. The second-order valence-electron chi connectivity index (χ2n) is 12.6. The van der Waals surface area contributed by atoms with E-state index in [-0.39, 0.29) is 12.3 Å². The van der Waals surface area contributed by atoms with E-state index >= 15 is 0 Å². The normalized spacial score (nSPS) is 11.9. The monoisotopic (exact) mass is 652 g/mol. The summed E-state index contributed by atoms with van der Waals surface area (Å²) in [5, 5.41) is 3.49. The molecule has 0 saturated heterocycles. The van der Waals surface area contributed by atoms with E-state index in [9.17, 15) is 4.79 Å². The predicted octanol–water partition coefficient (Wildman–Crippen LogP) is 11.0. The minimum absolute atomic E-state index is 0.157. The van der Waals surface area contributed by atoms with E-state index in [4.69, 9.17) is 18.9 Å². The minimum Gasteiger partial charge on any atom is -0.466 e. The smallest absolute Gasteiger partial charge is 0.305 e. The van der Waals surface area contributed by atoms with Crippen molar-refractivity contribution in [2.75, 3.05) is 46.1 Å². The van der Waals surface area contributed by atoms with Gasteiger partial charge in [-0.1, -0.05) is 109 Å². The Morgan fingerprint density at radius 3 is 1.61 bits per heavy atom. The first-order valence-electron chi connectivity index (χ1n) is 19.7. The van der Waals surface area contributed by atoms with Crippen LogP contribution in [-0.2, 0) is 23.7 Å². The zero-order valence-corrected chi connectivity index (χ0v) is 30.8. The molecule has 0 aromatic heterocycles. The summed E-state index contributed by atoms with van der Waals surface area (Å²) in [6.45, 7) is 12.2. The Hall–Kier alpha value is -1.21. The highest BCUT2D eigenvalue weighted by Crippen LogP contribution is 2.11. The standard InChI is InChI=1S/C40H77NO5/c1-4-7-10-13-20-25-34-43-35-26-21-18-16-17-19-24-32-41-33-29-38-44-39(42)30-31-40(45-36-27-22-14-11-8-5-2)46-37-28-23-15-12-9-6-3/h8-9,11-12,40-41H,4-7,10,13-38H2,1-3H3/b11-8-,12-9-. The molecule has 46 heavy (non-hydrogen) atoms. The van der Waals surface area contributed by atoms with Gasteiger partial charge in [0, 0.05) is 32.8 Å². The van der Waals surface area contributed by atoms with Crippen molar-refractivity contribution in [1.82, 2.24) is 5.32 Å². The number of rotatable bonds is 38. The van der Waals surface area contributed by atoms with Gasteiger partial charge in [-0.15, -0.1) is 0 Å². The number of carbonyl (C=O) groups is 1. The van der Waals surface area contributed by atoms with Crippen molar-refractivity contribution in [2.24, 2.45) is 0 Å². The average molecular weight is 652 g/mol. The molecule has 0 aliphatic heterocycles. The van der Waals surface area contributed by atoms with Crippen molar-refractivity contribution < 1.29 is 23.7 Å². The summed E-state index contributed by atoms with van der Waals surface area (Å²) in [7, 11) is 0. The number of allylic oxidation sites excluding steroid dienone is 4. The number of carbonyl (C=O) groups excluding carboxylic acids is 1. The van der Waals surface area contributed by atoms with Gasteiger partial charge in [0.15, 0.2) is 6.29 Å². The lowest BCUT2D eigenvalue weighted by Gasteiger charge is -2.18. The molecular weight excluding hydrogens is 574 g/mol. The molecule has 0 aliphatic rings. The van der Waals surface area contributed by atoms with E-state index in [2.05, 4.69) is 50.4 Å². The second-order valence-corrected chi connectivity index (χ2v) is 12.6. The molecule has 0 aliphatic carbocycles. The average Bonchev–Trinajstić information content (AvgIpc) is 3.06. The van der Waals surface area contributed by atoms with Crippen molar-refractivity contribution in [3.8, 4) is 0 Å². The summed E-state index contributed by atoms with van der Waals surface area (Å²) >= 11 is 0. The van der Waals surface area contributed by atoms with E-state index in [1.807, 2.05) is 0 Å². The molecule has 0 unspecified atom stereocenters. The third kappa shape index (κ3) is 37.2. The molecule has 0 radical (unpaired) electrons. The van der Waals surface area contributed by atoms with Crippen LogP contribution in [0.5, 0.6) is 0 Å². The maximum Gasteiger partial charge on any atom is 0.305 e. The van der Waals surface area contributed by atoms with Crippen LogP contribution < -0.4 is 5.32 Å². The molecule has 0 aromatic rings. The van der Waals surface area contributed by atoms with Gasteiger partial charge in [0.05, 0.1) is 13.0 Å². The van der Waals surface area contributed by atoms with Gasteiger partial charge in [-0.25, -0.2) is 0 Å². The molecule has 0 fully saturated rings. The van der Waals surface area contributed by atoms with Crippen molar-refractivity contribution in [2.45, 2.75) is 181 Å².